The number of hydrogen-bond donors (Lipinski definition) is 1. The van der Waals surface area contributed by atoms with Crippen LogP contribution >= 0.6 is 23.2 Å². The second kappa shape index (κ2) is 9.00. The molecule has 0 atom stereocenters. The standard InChI is InChI=1S/C26H23Cl2N5/c1-16(2)30-23-14-26-24(13-22(23)31-17-6-5-11-29-15-17)32-21-7-3-4-8-25(21)33(26)18-9-10-19(27)20(28)12-18/h5-16,31H,3-4H2,1-2H3. The van der Waals surface area contributed by atoms with Gasteiger partial charge in [-0.15, -0.1) is 0 Å². The van der Waals surface area contributed by atoms with Crippen LogP contribution in [-0.2, 0) is 0 Å². The zero-order chi connectivity index (χ0) is 22.9. The van der Waals surface area contributed by atoms with Crippen molar-refractivity contribution in [2.75, 3.05) is 5.32 Å². The first kappa shape index (κ1) is 21.7. The Balaban J connectivity index is 1.84. The quantitative estimate of drug-likeness (QED) is 0.447. The largest absolute Gasteiger partial charge is 0.352 e. The van der Waals surface area contributed by atoms with Gasteiger partial charge in [-0.3, -0.25) is 9.98 Å². The van der Waals surface area contributed by atoms with Gasteiger partial charge in [0.05, 0.1) is 55.1 Å². The van der Waals surface area contributed by atoms with Crippen LogP contribution in [0.3, 0.4) is 0 Å². The molecule has 2 heterocycles. The van der Waals surface area contributed by atoms with Crippen molar-refractivity contribution >= 4 is 46.7 Å². The van der Waals surface area contributed by atoms with Crippen LogP contribution < -0.4 is 21.4 Å². The topological polar surface area (TPSA) is 55.1 Å². The van der Waals surface area contributed by atoms with E-state index in [9.17, 15) is 0 Å². The van der Waals surface area contributed by atoms with Crippen molar-refractivity contribution in [3.05, 3.63) is 81.0 Å². The number of aromatic nitrogens is 3. The number of pyridine rings is 1. The van der Waals surface area contributed by atoms with Crippen LogP contribution in [0, 0.1) is 0 Å². The zero-order valence-electron chi connectivity index (χ0n) is 18.4. The highest BCUT2D eigenvalue weighted by Gasteiger charge is 2.17. The Morgan fingerprint density at radius 3 is 2.64 bits per heavy atom. The molecule has 7 heteroatoms. The Hall–Kier alpha value is -3.15. The zero-order valence-corrected chi connectivity index (χ0v) is 19.9. The summed E-state index contributed by atoms with van der Waals surface area (Å²) < 4.78 is 2.20. The van der Waals surface area contributed by atoms with Crippen molar-refractivity contribution in [3.63, 3.8) is 0 Å². The van der Waals surface area contributed by atoms with Crippen molar-refractivity contribution in [1.29, 1.82) is 0 Å². The number of fused-ring (bicyclic) bond motifs is 2. The van der Waals surface area contributed by atoms with Gasteiger partial charge in [0.2, 0.25) is 0 Å². The summed E-state index contributed by atoms with van der Waals surface area (Å²) in [6.07, 6.45) is 9.89. The number of benzene rings is 2. The molecule has 0 spiro atoms. The molecule has 0 saturated carbocycles. The molecule has 1 aromatic heterocycles. The first-order valence-electron chi connectivity index (χ1n) is 10.9. The van der Waals surface area contributed by atoms with Crippen LogP contribution in [0.1, 0.15) is 26.7 Å². The summed E-state index contributed by atoms with van der Waals surface area (Å²) in [5.41, 5.74) is 4.53. The van der Waals surface area contributed by atoms with E-state index in [1.807, 2.05) is 30.3 Å². The average molecular weight is 476 g/mol. The Bertz CT molecular complexity index is 1490. The lowest BCUT2D eigenvalue weighted by molar-refractivity contribution is 0.805. The molecule has 2 aliphatic carbocycles. The van der Waals surface area contributed by atoms with Crippen molar-refractivity contribution in [2.45, 2.75) is 32.7 Å². The van der Waals surface area contributed by atoms with Gasteiger partial charge < -0.3 is 9.88 Å². The maximum absolute atomic E-state index is 6.40. The highest BCUT2D eigenvalue weighted by atomic mass is 35.5. The molecule has 2 aromatic rings. The van der Waals surface area contributed by atoms with E-state index in [-0.39, 0.29) is 6.04 Å². The van der Waals surface area contributed by atoms with Crippen LogP contribution in [0.5, 0.6) is 0 Å². The summed E-state index contributed by atoms with van der Waals surface area (Å²) in [6.45, 7) is 4.14. The molecule has 5 rings (SSSR count). The van der Waals surface area contributed by atoms with Crippen LogP contribution in [0.4, 0.5) is 11.4 Å². The Morgan fingerprint density at radius 1 is 1.03 bits per heavy atom. The molecule has 0 fully saturated rings. The molecule has 1 aliphatic heterocycles. The lowest BCUT2D eigenvalue weighted by Gasteiger charge is -2.20. The van der Waals surface area contributed by atoms with Gasteiger partial charge in [0.1, 0.15) is 0 Å². The lowest BCUT2D eigenvalue weighted by atomic mass is 10.1. The fraction of sp³-hybridized carbons (Fsp3) is 0.192. The third kappa shape index (κ3) is 4.39. The second-order valence-corrected chi connectivity index (χ2v) is 9.06. The maximum Gasteiger partial charge on any atom is 0.0900 e. The van der Waals surface area contributed by atoms with Crippen molar-refractivity contribution in [3.8, 4) is 17.1 Å². The normalized spacial score (nSPS) is 13.5. The van der Waals surface area contributed by atoms with Crippen LogP contribution in [0.25, 0.3) is 29.2 Å². The van der Waals surface area contributed by atoms with Gasteiger partial charge in [-0.05, 0) is 69.2 Å². The summed E-state index contributed by atoms with van der Waals surface area (Å²) in [7, 11) is 0. The summed E-state index contributed by atoms with van der Waals surface area (Å²) in [6, 6.07) is 13.9. The first-order valence-corrected chi connectivity index (χ1v) is 11.7. The van der Waals surface area contributed by atoms with Gasteiger partial charge >= 0.3 is 0 Å². The van der Waals surface area contributed by atoms with Crippen LogP contribution in [0.15, 0.2) is 59.9 Å². The van der Waals surface area contributed by atoms with E-state index in [2.05, 4.69) is 53.0 Å². The molecule has 1 N–H and O–H groups in total. The first-order chi connectivity index (χ1) is 16.0. The van der Waals surface area contributed by atoms with E-state index in [0.717, 1.165) is 57.3 Å². The van der Waals surface area contributed by atoms with Crippen LogP contribution in [0.2, 0.25) is 10.0 Å². The maximum atomic E-state index is 6.40. The number of rotatable bonds is 4. The SMILES string of the molecule is CC(C)N=c1cc2n(-c3ccc(Cl)c(Cl)c3)c3c(nc-2cc1Nc1cccnc1)=CCCC=3. The van der Waals surface area contributed by atoms with Gasteiger partial charge in [0, 0.05) is 17.9 Å². The minimum Gasteiger partial charge on any atom is -0.352 e. The highest BCUT2D eigenvalue weighted by molar-refractivity contribution is 6.42. The highest BCUT2D eigenvalue weighted by Crippen LogP contribution is 2.28. The smallest absolute Gasteiger partial charge is 0.0900 e. The van der Waals surface area contributed by atoms with Crippen molar-refractivity contribution < 1.29 is 0 Å². The lowest BCUT2D eigenvalue weighted by Crippen LogP contribution is -2.40. The Labute approximate surface area is 202 Å². The third-order valence-corrected chi connectivity index (χ3v) is 6.16. The number of anilines is 2. The average Bonchev–Trinajstić information content (AvgIpc) is 2.80. The molecule has 0 unspecified atom stereocenters. The van der Waals surface area contributed by atoms with Crippen molar-refractivity contribution in [1.82, 2.24) is 14.5 Å². The summed E-state index contributed by atoms with van der Waals surface area (Å²) in [5, 5.41) is 7.38. The summed E-state index contributed by atoms with van der Waals surface area (Å²) in [4.78, 5) is 14.1. The fourth-order valence-corrected chi connectivity index (χ4v) is 4.32. The number of hydrogen-bond acceptors (Lipinski definition) is 4. The third-order valence-electron chi connectivity index (χ3n) is 5.42. The molecule has 166 valence electrons. The number of halogens is 2. The van der Waals surface area contributed by atoms with E-state index in [1.54, 1.807) is 12.4 Å². The molecule has 3 aliphatic rings. The molecular formula is C26H23Cl2N5. The van der Waals surface area contributed by atoms with E-state index in [0.29, 0.717) is 10.0 Å². The van der Waals surface area contributed by atoms with Crippen LogP contribution in [-0.4, -0.2) is 20.6 Å². The monoisotopic (exact) mass is 475 g/mol. The van der Waals surface area contributed by atoms with Gasteiger partial charge in [0.15, 0.2) is 0 Å². The predicted molar refractivity (Wildman–Crippen MR) is 136 cm³/mol. The van der Waals surface area contributed by atoms with Gasteiger partial charge in [0.25, 0.3) is 0 Å². The minimum atomic E-state index is 0.126. The fourth-order valence-electron chi connectivity index (χ4n) is 4.03. The van der Waals surface area contributed by atoms with Gasteiger partial charge in [-0.1, -0.05) is 35.4 Å². The Morgan fingerprint density at radius 2 is 1.88 bits per heavy atom. The van der Waals surface area contributed by atoms with E-state index < -0.39 is 0 Å². The summed E-state index contributed by atoms with van der Waals surface area (Å²) in [5.74, 6) is 0. The molecular weight excluding hydrogens is 453 g/mol. The van der Waals surface area contributed by atoms with Gasteiger partial charge in [-0.2, -0.15) is 0 Å². The van der Waals surface area contributed by atoms with Crippen molar-refractivity contribution in [2.24, 2.45) is 4.99 Å². The van der Waals surface area contributed by atoms with E-state index in [4.69, 9.17) is 33.2 Å². The predicted octanol–water partition coefficient (Wildman–Crippen LogP) is 5.09. The summed E-state index contributed by atoms with van der Waals surface area (Å²) >= 11 is 12.6. The Kier molecular flexibility index (Phi) is 5.92. The van der Waals surface area contributed by atoms with E-state index >= 15 is 0 Å². The molecule has 5 nitrogen and oxygen atoms in total. The molecule has 0 saturated heterocycles. The van der Waals surface area contributed by atoms with E-state index in [1.165, 1.54) is 0 Å². The van der Waals surface area contributed by atoms with Gasteiger partial charge in [-0.25, -0.2) is 4.98 Å². The number of nitrogens with zero attached hydrogens (tertiary/aromatic N) is 4. The molecule has 33 heavy (non-hydrogen) atoms. The molecule has 0 amide bonds. The molecule has 0 bridgehead atoms. The second-order valence-electron chi connectivity index (χ2n) is 8.25. The minimum absolute atomic E-state index is 0.126. The molecule has 1 aromatic carbocycles. The molecule has 0 radical (unpaired) electrons. The number of nitrogens with one attached hydrogen (secondary N) is 1.